The van der Waals surface area contributed by atoms with Gasteiger partial charge in [0.05, 0.1) is 12.9 Å². The van der Waals surface area contributed by atoms with Crippen LogP contribution in [0, 0.1) is 0 Å². The standard InChI is InChI=1S/C16H18O2.C12H10O.C4H8O/c1-3-17-13(2)18-16-11-9-15(10-12-16)14-7-5-4-6-8-14;13-12-8-6-11(7-9-12)10-4-2-1-3-5-10;1-3-5-4-2/h4-13H,3H2,1-2H3;1-9,13H;3H,1,4H2,2H3. The van der Waals surface area contributed by atoms with Gasteiger partial charge in [-0.3, -0.25) is 0 Å². The van der Waals surface area contributed by atoms with Crippen molar-refractivity contribution in [3.8, 4) is 33.8 Å². The van der Waals surface area contributed by atoms with Crippen molar-refractivity contribution in [3.05, 3.63) is 122 Å². The molecule has 4 nitrogen and oxygen atoms in total. The van der Waals surface area contributed by atoms with Crippen LogP contribution in [0.5, 0.6) is 11.5 Å². The molecule has 0 saturated heterocycles. The number of hydrogen-bond donors (Lipinski definition) is 1. The van der Waals surface area contributed by atoms with Crippen LogP contribution in [0.4, 0.5) is 0 Å². The highest BCUT2D eigenvalue weighted by Gasteiger charge is 2.03. The first-order valence-corrected chi connectivity index (χ1v) is 12.1. The number of hydrogen-bond acceptors (Lipinski definition) is 4. The van der Waals surface area contributed by atoms with Gasteiger partial charge in [-0.25, -0.2) is 0 Å². The van der Waals surface area contributed by atoms with Crippen molar-refractivity contribution >= 4 is 0 Å². The fourth-order valence-corrected chi connectivity index (χ4v) is 3.22. The van der Waals surface area contributed by atoms with Crippen LogP contribution in [-0.2, 0) is 9.47 Å². The third-order valence-corrected chi connectivity index (χ3v) is 4.92. The van der Waals surface area contributed by atoms with Gasteiger partial charge in [0.2, 0.25) is 0 Å². The third-order valence-electron chi connectivity index (χ3n) is 4.92. The second-order valence-corrected chi connectivity index (χ2v) is 7.57. The van der Waals surface area contributed by atoms with Crippen LogP contribution < -0.4 is 4.74 Å². The Bertz CT molecular complexity index is 1090. The maximum atomic E-state index is 9.10. The zero-order valence-electron chi connectivity index (χ0n) is 21.3. The minimum atomic E-state index is -0.211. The molecule has 0 bridgehead atoms. The van der Waals surface area contributed by atoms with Crippen LogP contribution in [0.15, 0.2) is 122 Å². The molecular weight excluding hydrogens is 448 g/mol. The molecule has 0 radical (unpaired) electrons. The first kappa shape index (κ1) is 28.2. The quantitative estimate of drug-likeness (QED) is 0.202. The van der Waals surface area contributed by atoms with E-state index in [2.05, 4.69) is 35.6 Å². The Labute approximate surface area is 215 Å². The van der Waals surface area contributed by atoms with Gasteiger partial charge in [-0.05, 0) is 67.3 Å². The number of benzene rings is 4. The van der Waals surface area contributed by atoms with Crippen molar-refractivity contribution in [3.63, 3.8) is 0 Å². The summed E-state index contributed by atoms with van der Waals surface area (Å²) in [5.74, 6) is 1.13. The van der Waals surface area contributed by atoms with Crippen molar-refractivity contribution in [2.45, 2.75) is 27.1 Å². The maximum Gasteiger partial charge on any atom is 0.196 e. The molecule has 4 aromatic carbocycles. The molecule has 4 heteroatoms. The third kappa shape index (κ3) is 10.5. The van der Waals surface area contributed by atoms with Gasteiger partial charge in [0.25, 0.3) is 0 Å². The normalized spacial score (nSPS) is 10.5. The number of phenolic OH excluding ortho intramolecular Hbond substituents is 1. The number of rotatable bonds is 8. The van der Waals surface area contributed by atoms with E-state index >= 15 is 0 Å². The summed E-state index contributed by atoms with van der Waals surface area (Å²) < 4.78 is 15.6. The monoisotopic (exact) mass is 484 g/mol. The molecule has 0 aromatic heterocycles. The number of phenols is 1. The van der Waals surface area contributed by atoms with Crippen molar-refractivity contribution in [1.29, 1.82) is 0 Å². The lowest BCUT2D eigenvalue weighted by molar-refractivity contribution is -0.0613. The average molecular weight is 485 g/mol. The molecule has 1 atom stereocenters. The van der Waals surface area contributed by atoms with Crippen LogP contribution in [0.3, 0.4) is 0 Å². The summed E-state index contributed by atoms with van der Waals surface area (Å²) in [4.78, 5) is 0. The number of aromatic hydroxyl groups is 1. The molecule has 0 aliphatic rings. The Morgan fingerprint density at radius 3 is 1.50 bits per heavy atom. The van der Waals surface area contributed by atoms with E-state index in [1.54, 1.807) is 12.1 Å². The Balaban J connectivity index is 0.000000221. The second kappa shape index (κ2) is 16.6. The highest BCUT2D eigenvalue weighted by atomic mass is 16.7. The van der Waals surface area contributed by atoms with E-state index in [1.165, 1.54) is 23.0 Å². The van der Waals surface area contributed by atoms with E-state index in [0.29, 0.717) is 12.4 Å². The minimum Gasteiger partial charge on any atom is -0.508 e. The van der Waals surface area contributed by atoms with Crippen molar-refractivity contribution in [2.24, 2.45) is 0 Å². The number of ether oxygens (including phenoxy) is 3. The Morgan fingerprint density at radius 2 is 1.11 bits per heavy atom. The molecule has 36 heavy (non-hydrogen) atoms. The summed E-state index contributed by atoms with van der Waals surface area (Å²) >= 11 is 0. The predicted molar refractivity (Wildman–Crippen MR) is 149 cm³/mol. The van der Waals surface area contributed by atoms with Gasteiger partial charge >= 0.3 is 0 Å². The Kier molecular flexibility index (Phi) is 13.0. The fourth-order valence-electron chi connectivity index (χ4n) is 3.22. The molecule has 0 aliphatic carbocycles. The van der Waals surface area contributed by atoms with E-state index in [4.69, 9.17) is 14.6 Å². The van der Waals surface area contributed by atoms with Crippen LogP contribution in [0.1, 0.15) is 20.8 Å². The topological polar surface area (TPSA) is 47.9 Å². The first-order chi connectivity index (χ1) is 17.6. The molecule has 4 aromatic rings. The van der Waals surface area contributed by atoms with E-state index in [0.717, 1.165) is 17.9 Å². The summed E-state index contributed by atoms with van der Waals surface area (Å²) in [5, 5.41) is 9.10. The first-order valence-electron chi connectivity index (χ1n) is 12.1. The second-order valence-electron chi connectivity index (χ2n) is 7.57. The van der Waals surface area contributed by atoms with Crippen LogP contribution in [0.2, 0.25) is 0 Å². The van der Waals surface area contributed by atoms with Crippen molar-refractivity contribution in [1.82, 2.24) is 0 Å². The molecule has 0 aliphatic heterocycles. The zero-order chi connectivity index (χ0) is 26.0. The van der Waals surface area contributed by atoms with Gasteiger partial charge in [-0.15, -0.1) is 0 Å². The van der Waals surface area contributed by atoms with Gasteiger partial charge < -0.3 is 19.3 Å². The lowest BCUT2D eigenvalue weighted by Gasteiger charge is -2.14. The maximum absolute atomic E-state index is 9.10. The molecule has 4 rings (SSSR count). The summed E-state index contributed by atoms with van der Waals surface area (Å²) in [6, 6.07) is 35.6. The van der Waals surface area contributed by atoms with Gasteiger partial charge in [-0.2, -0.15) is 0 Å². The van der Waals surface area contributed by atoms with Gasteiger partial charge in [-0.1, -0.05) is 91.5 Å². The molecule has 1 N–H and O–H groups in total. The molecule has 0 saturated carbocycles. The molecular formula is C32H36O4. The molecule has 188 valence electrons. The van der Waals surface area contributed by atoms with Crippen LogP contribution >= 0.6 is 0 Å². The van der Waals surface area contributed by atoms with Crippen LogP contribution in [-0.4, -0.2) is 24.6 Å². The molecule has 0 spiro atoms. The lowest BCUT2D eigenvalue weighted by Crippen LogP contribution is -2.15. The fraction of sp³-hybridized carbons (Fsp3) is 0.188. The zero-order valence-corrected chi connectivity index (χ0v) is 21.3. The smallest absolute Gasteiger partial charge is 0.196 e. The summed E-state index contributed by atoms with van der Waals surface area (Å²) in [7, 11) is 0. The highest BCUT2D eigenvalue weighted by Crippen LogP contribution is 2.23. The van der Waals surface area contributed by atoms with E-state index < -0.39 is 0 Å². The Morgan fingerprint density at radius 1 is 0.667 bits per heavy atom. The highest BCUT2D eigenvalue weighted by molar-refractivity contribution is 5.64. The predicted octanol–water partition coefficient (Wildman–Crippen LogP) is 8.34. The lowest BCUT2D eigenvalue weighted by atomic mass is 10.1. The molecule has 0 heterocycles. The SMILES string of the molecule is C=COCC.CCOC(C)Oc1ccc(-c2ccccc2)cc1.Oc1ccc(-c2ccccc2)cc1. The Hall–Kier alpha value is -4.02. The summed E-state index contributed by atoms with van der Waals surface area (Å²) in [6.45, 7) is 10.5. The van der Waals surface area contributed by atoms with E-state index in [-0.39, 0.29) is 6.29 Å². The van der Waals surface area contributed by atoms with Gasteiger partial charge in [0, 0.05) is 6.61 Å². The van der Waals surface area contributed by atoms with E-state index in [9.17, 15) is 0 Å². The largest absolute Gasteiger partial charge is 0.508 e. The minimum absolute atomic E-state index is 0.211. The van der Waals surface area contributed by atoms with Crippen molar-refractivity contribution in [2.75, 3.05) is 13.2 Å². The van der Waals surface area contributed by atoms with Crippen molar-refractivity contribution < 1.29 is 19.3 Å². The molecule has 0 fully saturated rings. The van der Waals surface area contributed by atoms with E-state index in [1.807, 2.05) is 93.6 Å². The molecule has 1 unspecified atom stereocenters. The summed E-state index contributed by atoms with van der Waals surface area (Å²) in [5.41, 5.74) is 4.69. The van der Waals surface area contributed by atoms with Gasteiger partial charge in [0.1, 0.15) is 11.5 Å². The average Bonchev–Trinajstić information content (AvgIpc) is 2.92. The summed E-state index contributed by atoms with van der Waals surface area (Å²) in [6.07, 6.45) is 1.22. The molecule has 0 amide bonds. The van der Waals surface area contributed by atoms with Crippen LogP contribution in [0.25, 0.3) is 22.3 Å². The van der Waals surface area contributed by atoms with Gasteiger partial charge in [0.15, 0.2) is 6.29 Å².